The van der Waals surface area contributed by atoms with Gasteiger partial charge in [-0.05, 0) is 26.3 Å². The molecular formula is C12H18N4O2. The Kier molecular flexibility index (Phi) is 3.76. The second-order valence-electron chi connectivity index (χ2n) is 4.76. The Bertz CT molecular complexity index is 444. The van der Waals surface area contributed by atoms with Gasteiger partial charge >= 0.3 is 0 Å². The average molecular weight is 250 g/mol. The van der Waals surface area contributed by atoms with Crippen molar-refractivity contribution in [2.24, 2.45) is 0 Å². The molecule has 1 aliphatic rings. The summed E-state index contributed by atoms with van der Waals surface area (Å²) >= 11 is 0. The molecule has 0 aliphatic carbocycles. The number of nitrogens with zero attached hydrogens (tertiary/aromatic N) is 3. The maximum absolute atomic E-state index is 10.9. The number of aromatic nitrogens is 1. The second-order valence-corrected chi connectivity index (χ2v) is 4.76. The van der Waals surface area contributed by atoms with Gasteiger partial charge in [0.05, 0.1) is 11.0 Å². The molecule has 1 aromatic heterocycles. The topological polar surface area (TPSA) is 71.3 Å². The first-order valence-electron chi connectivity index (χ1n) is 6.13. The average Bonchev–Trinajstić information content (AvgIpc) is 2.81. The summed E-state index contributed by atoms with van der Waals surface area (Å²) in [5.74, 6) is 0.654. The largest absolute Gasteiger partial charge is 0.358 e. The van der Waals surface area contributed by atoms with E-state index in [1.165, 1.54) is 6.42 Å². The van der Waals surface area contributed by atoms with Gasteiger partial charge in [-0.3, -0.25) is 10.1 Å². The van der Waals surface area contributed by atoms with Crippen LogP contribution in [0.15, 0.2) is 12.3 Å². The lowest BCUT2D eigenvalue weighted by Gasteiger charge is -2.22. The Balaban J connectivity index is 2.11. The molecule has 0 bridgehead atoms. The van der Waals surface area contributed by atoms with Crippen LogP contribution in [0.3, 0.4) is 0 Å². The fraction of sp³-hybridized carbons (Fsp3) is 0.583. The van der Waals surface area contributed by atoms with E-state index in [1.54, 1.807) is 19.2 Å². The third kappa shape index (κ3) is 2.76. The Morgan fingerprint density at radius 1 is 1.67 bits per heavy atom. The van der Waals surface area contributed by atoms with Crippen molar-refractivity contribution >= 4 is 11.5 Å². The van der Waals surface area contributed by atoms with Gasteiger partial charge in [-0.25, -0.2) is 4.98 Å². The lowest BCUT2D eigenvalue weighted by Crippen LogP contribution is -2.35. The van der Waals surface area contributed by atoms with Crippen LogP contribution < -0.4 is 10.2 Å². The SMILES string of the molecule is Cc1cnc(N(C)CC2CCCN2)cc1[N+](=O)[O-]. The number of aryl methyl sites for hydroxylation is 1. The molecule has 1 aromatic rings. The molecule has 0 radical (unpaired) electrons. The van der Waals surface area contributed by atoms with E-state index in [2.05, 4.69) is 10.3 Å². The zero-order valence-electron chi connectivity index (χ0n) is 10.7. The van der Waals surface area contributed by atoms with Gasteiger partial charge in [0.1, 0.15) is 5.82 Å². The summed E-state index contributed by atoms with van der Waals surface area (Å²) in [5.41, 5.74) is 0.724. The zero-order valence-corrected chi connectivity index (χ0v) is 10.7. The first kappa shape index (κ1) is 12.8. The Morgan fingerprint density at radius 3 is 3.06 bits per heavy atom. The van der Waals surface area contributed by atoms with Gasteiger partial charge < -0.3 is 10.2 Å². The zero-order chi connectivity index (χ0) is 13.1. The molecule has 2 rings (SSSR count). The van der Waals surface area contributed by atoms with E-state index in [0.717, 1.165) is 19.5 Å². The molecule has 18 heavy (non-hydrogen) atoms. The maximum atomic E-state index is 10.9. The van der Waals surface area contributed by atoms with Gasteiger partial charge in [0, 0.05) is 31.4 Å². The summed E-state index contributed by atoms with van der Waals surface area (Å²) in [6, 6.07) is 2.00. The summed E-state index contributed by atoms with van der Waals surface area (Å²) in [6.07, 6.45) is 3.91. The standard InChI is InChI=1S/C12H18N4O2/c1-9-7-14-12(6-11(9)16(17)18)15(2)8-10-4-3-5-13-10/h6-7,10,13H,3-5,8H2,1-2H3. The summed E-state index contributed by atoms with van der Waals surface area (Å²) in [6.45, 7) is 3.58. The first-order chi connectivity index (χ1) is 8.58. The monoisotopic (exact) mass is 250 g/mol. The Labute approximate surface area is 106 Å². The smallest absolute Gasteiger partial charge is 0.277 e. The number of nitro groups is 1. The van der Waals surface area contributed by atoms with Gasteiger partial charge in [-0.2, -0.15) is 0 Å². The van der Waals surface area contributed by atoms with Crippen LogP contribution in [0.1, 0.15) is 18.4 Å². The maximum Gasteiger partial charge on any atom is 0.277 e. The van der Waals surface area contributed by atoms with E-state index in [4.69, 9.17) is 0 Å². The molecule has 1 aliphatic heterocycles. The van der Waals surface area contributed by atoms with Crippen molar-refractivity contribution in [2.75, 3.05) is 25.0 Å². The second kappa shape index (κ2) is 5.30. The molecule has 1 saturated heterocycles. The van der Waals surface area contributed by atoms with Crippen molar-refractivity contribution in [1.29, 1.82) is 0 Å². The third-order valence-corrected chi connectivity index (χ3v) is 3.30. The number of pyridine rings is 1. The van der Waals surface area contributed by atoms with Crippen molar-refractivity contribution < 1.29 is 4.92 Å². The van der Waals surface area contributed by atoms with Crippen LogP contribution in [-0.4, -0.2) is 36.1 Å². The number of hydrogen-bond acceptors (Lipinski definition) is 5. The minimum Gasteiger partial charge on any atom is -0.358 e. The van der Waals surface area contributed by atoms with Crippen LogP contribution >= 0.6 is 0 Å². The minimum absolute atomic E-state index is 0.131. The molecule has 6 heteroatoms. The number of likely N-dealkylation sites (N-methyl/N-ethyl adjacent to an activating group) is 1. The predicted octanol–water partition coefficient (Wildman–Crippen LogP) is 1.49. The van der Waals surface area contributed by atoms with Gasteiger partial charge in [0.25, 0.3) is 5.69 Å². The summed E-state index contributed by atoms with van der Waals surface area (Å²) in [4.78, 5) is 16.8. The molecule has 0 spiro atoms. The fourth-order valence-electron chi connectivity index (χ4n) is 2.24. The molecule has 2 heterocycles. The molecule has 98 valence electrons. The highest BCUT2D eigenvalue weighted by atomic mass is 16.6. The third-order valence-electron chi connectivity index (χ3n) is 3.30. The highest BCUT2D eigenvalue weighted by molar-refractivity contribution is 5.50. The summed E-state index contributed by atoms with van der Waals surface area (Å²) in [5, 5.41) is 14.3. The highest BCUT2D eigenvalue weighted by Crippen LogP contribution is 2.22. The first-order valence-corrected chi connectivity index (χ1v) is 6.13. The predicted molar refractivity (Wildman–Crippen MR) is 69.9 cm³/mol. The van der Waals surface area contributed by atoms with Crippen molar-refractivity contribution in [3.05, 3.63) is 27.9 Å². The number of nitrogens with one attached hydrogen (secondary N) is 1. The van der Waals surface area contributed by atoms with E-state index in [-0.39, 0.29) is 10.6 Å². The number of hydrogen-bond donors (Lipinski definition) is 1. The highest BCUT2D eigenvalue weighted by Gasteiger charge is 2.19. The van der Waals surface area contributed by atoms with Crippen molar-refractivity contribution in [3.8, 4) is 0 Å². The lowest BCUT2D eigenvalue weighted by molar-refractivity contribution is -0.385. The molecule has 0 saturated carbocycles. The molecule has 0 aromatic carbocycles. The molecule has 1 unspecified atom stereocenters. The van der Waals surface area contributed by atoms with Crippen LogP contribution in [0.25, 0.3) is 0 Å². The summed E-state index contributed by atoms with van der Waals surface area (Å²) < 4.78 is 0. The minimum atomic E-state index is -0.359. The molecule has 6 nitrogen and oxygen atoms in total. The Morgan fingerprint density at radius 2 is 2.44 bits per heavy atom. The fourth-order valence-corrected chi connectivity index (χ4v) is 2.24. The van der Waals surface area contributed by atoms with Crippen LogP contribution in [0, 0.1) is 17.0 Å². The van der Waals surface area contributed by atoms with Crippen LogP contribution in [0.5, 0.6) is 0 Å². The van der Waals surface area contributed by atoms with Crippen molar-refractivity contribution in [3.63, 3.8) is 0 Å². The van der Waals surface area contributed by atoms with E-state index < -0.39 is 0 Å². The van der Waals surface area contributed by atoms with Gasteiger partial charge in [-0.15, -0.1) is 0 Å². The quantitative estimate of drug-likeness (QED) is 0.647. The van der Waals surface area contributed by atoms with Crippen LogP contribution in [-0.2, 0) is 0 Å². The van der Waals surface area contributed by atoms with Crippen LogP contribution in [0.2, 0.25) is 0 Å². The summed E-state index contributed by atoms with van der Waals surface area (Å²) in [7, 11) is 1.92. The normalized spacial score (nSPS) is 18.9. The molecule has 1 atom stereocenters. The van der Waals surface area contributed by atoms with Crippen LogP contribution in [0.4, 0.5) is 11.5 Å². The van der Waals surface area contributed by atoms with E-state index in [1.807, 2.05) is 11.9 Å². The van der Waals surface area contributed by atoms with E-state index >= 15 is 0 Å². The number of anilines is 1. The van der Waals surface area contributed by atoms with E-state index in [9.17, 15) is 10.1 Å². The molecule has 1 N–H and O–H groups in total. The molecule has 1 fully saturated rings. The van der Waals surface area contributed by atoms with Crippen molar-refractivity contribution in [1.82, 2.24) is 10.3 Å². The lowest BCUT2D eigenvalue weighted by atomic mass is 10.2. The van der Waals surface area contributed by atoms with E-state index in [0.29, 0.717) is 17.4 Å². The van der Waals surface area contributed by atoms with Gasteiger partial charge in [0.2, 0.25) is 0 Å². The van der Waals surface area contributed by atoms with Gasteiger partial charge in [-0.1, -0.05) is 0 Å². The number of rotatable bonds is 4. The Hall–Kier alpha value is -1.69. The van der Waals surface area contributed by atoms with Gasteiger partial charge in [0.15, 0.2) is 0 Å². The molecule has 0 amide bonds. The molecular weight excluding hydrogens is 232 g/mol. The van der Waals surface area contributed by atoms with Crippen molar-refractivity contribution in [2.45, 2.75) is 25.8 Å².